The highest BCUT2D eigenvalue weighted by Gasteiger charge is 2.61. The van der Waals surface area contributed by atoms with Gasteiger partial charge in [0.25, 0.3) is 5.92 Å². The van der Waals surface area contributed by atoms with Crippen LogP contribution >= 0.6 is 7.82 Å². The third-order valence-electron chi connectivity index (χ3n) is 15.1. The minimum Gasteiger partial charge on any atom is -0.481 e. The molecule has 4 N–H and O–H groups in total. The van der Waals surface area contributed by atoms with E-state index in [1.807, 2.05) is 0 Å². The van der Waals surface area contributed by atoms with E-state index in [0.717, 1.165) is 36.6 Å². The molecule has 0 unspecified atom stereocenters. The third-order valence-corrected chi connectivity index (χ3v) is 18.6. The van der Waals surface area contributed by atoms with E-state index >= 15 is 17.6 Å². The number of phosphoric acid groups is 1. The number of fused-ring (bicyclic) bond motifs is 3. The number of sulfone groups is 1. The summed E-state index contributed by atoms with van der Waals surface area (Å²) >= 11 is 0. The normalized spacial score (nSPS) is 15.5. The number of nitrogens with zero attached hydrogens (tertiary/aromatic N) is 6. The standard InChI is InChI=1S/C56H56F10N7O12PS2/c1-29-19-32(24-42(76)77)44(39(20-29)85-86(78,79)80)51(3,4)26-41(75)73(88(8,83)84)50-43-30(2)9-11-37(47(43)72(70-50)28-55(61,62)63)36-12-10-35(13-14-52(5,6)87(7,81)82)67-46(36)38(23-31-21-33(57)25-34(58)22-31)68-40(74)27-71-49-45(48(69-71)56(64,65)66)53(15-16-53)17-18-54(49,59)60/h9-12,19-22,25,38H,15-18,23-24,26-28H2,1-8H3,(H,68,74)(H,76,77)(H2,78,79,80)/t38-/m0/s1. The van der Waals surface area contributed by atoms with Gasteiger partial charge in [0, 0.05) is 58.2 Å². The van der Waals surface area contributed by atoms with Crippen LogP contribution in [0.2, 0.25) is 0 Å². The zero-order valence-electron chi connectivity index (χ0n) is 47.9. The maximum atomic E-state index is 15.9. The van der Waals surface area contributed by atoms with E-state index in [9.17, 15) is 77.0 Å². The smallest absolute Gasteiger partial charge is 0.481 e. The molecular weight excluding hydrogens is 1250 g/mol. The largest absolute Gasteiger partial charge is 0.524 e. The van der Waals surface area contributed by atoms with Gasteiger partial charge in [0.1, 0.15) is 46.6 Å². The van der Waals surface area contributed by atoms with Crippen LogP contribution in [0.15, 0.2) is 54.6 Å². The fourth-order valence-electron chi connectivity index (χ4n) is 11.0. The first-order valence-corrected chi connectivity index (χ1v) is 31.7. The second-order valence-corrected chi connectivity index (χ2v) is 28.7. The number of rotatable bonds is 18. The number of anilines is 1. The van der Waals surface area contributed by atoms with Gasteiger partial charge in [0.2, 0.25) is 21.8 Å². The van der Waals surface area contributed by atoms with Crippen molar-refractivity contribution in [3.8, 4) is 28.7 Å². The number of amides is 2. The molecule has 1 spiro atoms. The lowest BCUT2D eigenvalue weighted by Crippen LogP contribution is -2.40. The van der Waals surface area contributed by atoms with Gasteiger partial charge in [-0.3, -0.25) is 33.5 Å². The lowest BCUT2D eigenvalue weighted by atomic mass is 9.77. The van der Waals surface area contributed by atoms with Crippen LogP contribution in [-0.2, 0) is 87.7 Å². The quantitative estimate of drug-likeness (QED) is 0.0354. The number of nitrogens with one attached hydrogen (secondary N) is 1. The molecule has 2 aliphatic rings. The maximum absolute atomic E-state index is 15.9. The molecule has 8 rings (SSSR count). The number of hydrogen-bond acceptors (Lipinski definition) is 12. The Labute approximate surface area is 496 Å². The number of alkyl halides is 8. The number of hydrogen-bond donors (Lipinski definition) is 4. The average Bonchev–Trinajstić information content (AvgIpc) is 1.55. The molecule has 2 amide bonds. The molecular formula is C56H56F10N7O12PS2. The molecule has 2 aliphatic carbocycles. The number of aliphatic carboxylic acids is 1. The Morgan fingerprint density at radius 1 is 0.864 bits per heavy atom. The van der Waals surface area contributed by atoms with Gasteiger partial charge in [-0.05, 0) is 117 Å². The van der Waals surface area contributed by atoms with E-state index in [-0.39, 0.29) is 77.6 Å². The SMILES string of the molecule is Cc1cc(CC(=O)O)c(C(C)(C)CC(=O)N(c2nn(CC(F)(F)F)c3c(-c4ccc(C#CC(C)(C)S(C)(=O)=O)nc4[C@H](Cc4cc(F)cc(F)c4)NC(=O)Cn4nc(C(F)(F)F)c5c4C(F)(F)CCC54CC4)ccc(C)c23)S(C)(=O)=O)c(OP(=O)(O)O)c1. The maximum Gasteiger partial charge on any atom is 0.524 e. The van der Waals surface area contributed by atoms with Crippen molar-refractivity contribution in [3.05, 3.63) is 122 Å². The second kappa shape index (κ2) is 22.9. The van der Waals surface area contributed by atoms with Crippen molar-refractivity contribution in [1.82, 2.24) is 29.9 Å². The summed E-state index contributed by atoms with van der Waals surface area (Å²) in [5, 5.41) is 19.4. The van der Waals surface area contributed by atoms with Crippen molar-refractivity contribution >= 4 is 62.2 Å². The van der Waals surface area contributed by atoms with Crippen LogP contribution in [0.3, 0.4) is 0 Å². The number of pyridine rings is 1. The molecule has 32 heteroatoms. The molecule has 0 radical (unpaired) electrons. The van der Waals surface area contributed by atoms with Crippen LogP contribution in [0, 0.1) is 37.3 Å². The van der Waals surface area contributed by atoms with Gasteiger partial charge in [-0.1, -0.05) is 38.0 Å². The minimum atomic E-state index is -5.44. The average molecular weight is 1300 g/mol. The summed E-state index contributed by atoms with van der Waals surface area (Å²) in [4.78, 5) is 65.9. The van der Waals surface area contributed by atoms with E-state index in [0.29, 0.717) is 12.3 Å². The van der Waals surface area contributed by atoms with Gasteiger partial charge in [-0.2, -0.15) is 49.6 Å². The Morgan fingerprint density at radius 3 is 2.03 bits per heavy atom. The molecule has 0 aliphatic heterocycles. The number of carbonyl (C=O) groups excluding carboxylic acids is 2. The Hall–Kier alpha value is -7.39. The first-order valence-electron chi connectivity index (χ1n) is 26.5. The van der Waals surface area contributed by atoms with E-state index in [2.05, 4.69) is 32.3 Å². The van der Waals surface area contributed by atoms with Crippen LogP contribution < -0.4 is 14.1 Å². The lowest BCUT2D eigenvalue weighted by molar-refractivity contribution is -0.143. The van der Waals surface area contributed by atoms with E-state index in [4.69, 9.17) is 4.52 Å². The fourth-order valence-corrected chi connectivity index (χ4v) is 12.5. The summed E-state index contributed by atoms with van der Waals surface area (Å²) in [5.74, 6) is -7.02. The number of benzene rings is 3. The molecule has 3 aromatic heterocycles. The molecule has 1 fully saturated rings. The van der Waals surface area contributed by atoms with E-state index in [1.54, 1.807) is 0 Å². The van der Waals surface area contributed by atoms with Gasteiger partial charge in [0.05, 0.1) is 29.9 Å². The fraction of sp³-hybridized carbons (Fsp3) is 0.429. The van der Waals surface area contributed by atoms with Crippen LogP contribution in [0.4, 0.5) is 49.7 Å². The number of aryl methyl sites for hydroxylation is 2. The number of aromatic nitrogens is 5. The summed E-state index contributed by atoms with van der Waals surface area (Å²) < 4.78 is 221. The van der Waals surface area contributed by atoms with Gasteiger partial charge in [-0.15, -0.1) is 0 Å². The number of halogens is 10. The molecule has 0 saturated heterocycles. The zero-order chi connectivity index (χ0) is 65.6. The molecule has 6 aromatic rings. The Balaban J connectivity index is 1.37. The van der Waals surface area contributed by atoms with Gasteiger partial charge < -0.3 is 14.9 Å². The molecule has 3 aromatic carbocycles. The molecule has 19 nitrogen and oxygen atoms in total. The monoisotopic (exact) mass is 1300 g/mol. The summed E-state index contributed by atoms with van der Waals surface area (Å²) in [6.45, 7) is 4.29. The van der Waals surface area contributed by atoms with Gasteiger partial charge in [-0.25, -0.2) is 35.2 Å². The predicted octanol–water partition coefficient (Wildman–Crippen LogP) is 9.72. The van der Waals surface area contributed by atoms with E-state index in [1.165, 1.54) is 59.7 Å². The molecule has 1 saturated carbocycles. The molecule has 3 heterocycles. The first-order chi connectivity index (χ1) is 40.2. The van der Waals surface area contributed by atoms with Crippen LogP contribution in [0.25, 0.3) is 22.0 Å². The minimum absolute atomic E-state index is 0.0605. The molecule has 88 heavy (non-hydrogen) atoms. The molecule has 474 valence electrons. The summed E-state index contributed by atoms with van der Waals surface area (Å²) in [5.41, 5.74) is -9.48. The Morgan fingerprint density at radius 2 is 1.48 bits per heavy atom. The number of carbonyl (C=O) groups is 3. The topological polar surface area (TPSA) is 270 Å². The second-order valence-electron chi connectivity index (χ2n) is 23.2. The third kappa shape index (κ3) is 14.2. The predicted molar refractivity (Wildman–Crippen MR) is 297 cm³/mol. The van der Waals surface area contributed by atoms with Crippen LogP contribution in [0.5, 0.6) is 5.75 Å². The van der Waals surface area contributed by atoms with Crippen molar-refractivity contribution in [2.24, 2.45) is 0 Å². The van der Waals surface area contributed by atoms with Crippen molar-refractivity contribution < 1.29 is 99.1 Å². The van der Waals surface area contributed by atoms with Crippen LogP contribution in [0.1, 0.15) is 122 Å². The van der Waals surface area contributed by atoms with Crippen molar-refractivity contribution in [3.63, 3.8) is 0 Å². The highest BCUT2D eigenvalue weighted by Crippen LogP contribution is 2.62. The number of carboxylic acid groups (broad SMARTS) is 1. The number of carboxylic acids is 1. The Kier molecular flexibility index (Phi) is 17.3. The van der Waals surface area contributed by atoms with Gasteiger partial charge >= 0.3 is 26.1 Å². The molecule has 1 atom stereocenters. The number of sulfonamides is 1. The van der Waals surface area contributed by atoms with Crippen molar-refractivity contribution in [2.45, 2.75) is 139 Å². The van der Waals surface area contributed by atoms with E-state index < -0.39 is 181 Å². The van der Waals surface area contributed by atoms with Crippen molar-refractivity contribution in [2.75, 3.05) is 16.8 Å². The zero-order valence-corrected chi connectivity index (χ0v) is 50.4. The summed E-state index contributed by atoms with van der Waals surface area (Å²) in [6.07, 6.45) is -12.7. The van der Waals surface area contributed by atoms with Crippen molar-refractivity contribution in [1.29, 1.82) is 0 Å². The summed E-state index contributed by atoms with van der Waals surface area (Å²) in [7, 11) is -14.5. The first kappa shape index (κ1) is 66.6. The Bertz CT molecular complexity index is 4200. The highest BCUT2D eigenvalue weighted by atomic mass is 32.2. The summed E-state index contributed by atoms with van der Waals surface area (Å²) in [6, 6.07) is 7.30. The number of phosphoric ester groups is 1. The van der Waals surface area contributed by atoms with Crippen LogP contribution in [-0.4, -0.2) is 97.5 Å². The molecule has 0 bridgehead atoms. The lowest BCUT2D eigenvalue weighted by Gasteiger charge is -2.31. The van der Waals surface area contributed by atoms with Gasteiger partial charge in [0.15, 0.2) is 21.3 Å². The highest BCUT2D eigenvalue weighted by molar-refractivity contribution is 7.93.